The average Bonchev–Trinajstić information content (AvgIpc) is 2.88. The molecule has 7 nitrogen and oxygen atoms in total. The van der Waals surface area contributed by atoms with Crippen LogP contribution in [0, 0.1) is 0 Å². The van der Waals surface area contributed by atoms with E-state index in [4.69, 9.17) is 5.73 Å². The van der Waals surface area contributed by atoms with Gasteiger partial charge in [-0.2, -0.15) is 4.31 Å². The molecule has 0 radical (unpaired) electrons. The van der Waals surface area contributed by atoms with Gasteiger partial charge in [0.1, 0.15) is 0 Å². The summed E-state index contributed by atoms with van der Waals surface area (Å²) in [6, 6.07) is 0. The van der Waals surface area contributed by atoms with E-state index in [1.807, 2.05) is 7.05 Å². The van der Waals surface area contributed by atoms with Gasteiger partial charge in [-0.05, 0) is 7.05 Å². The third-order valence-corrected chi connectivity index (χ3v) is 5.99. The Balaban J connectivity index is 2.04. The highest BCUT2D eigenvalue weighted by Gasteiger charge is 2.32. The summed E-state index contributed by atoms with van der Waals surface area (Å²) in [5.74, 6) is 0.0748. The number of sulfonamides is 1. The Morgan fingerprint density at radius 3 is 2.68 bits per heavy atom. The lowest BCUT2D eigenvalue weighted by Gasteiger charge is -2.31. The Kier molecular flexibility index (Phi) is 3.01. The molecule has 0 unspecified atom stereocenters. The first-order chi connectivity index (χ1) is 9.00. The first-order valence-corrected chi connectivity index (χ1v) is 8.22. The summed E-state index contributed by atoms with van der Waals surface area (Å²) in [6.07, 6.45) is 1.69. The Morgan fingerprint density at radius 2 is 2.00 bits per heavy atom. The van der Waals surface area contributed by atoms with Gasteiger partial charge in [-0.25, -0.2) is 13.4 Å². The zero-order chi connectivity index (χ0) is 13.6. The topological polar surface area (TPSA) is 83.9 Å². The van der Waals surface area contributed by atoms with E-state index in [1.54, 1.807) is 16.0 Å². The Morgan fingerprint density at radius 1 is 1.32 bits per heavy atom. The Hall–Kier alpha value is -1.16. The van der Waals surface area contributed by atoms with E-state index >= 15 is 0 Å². The molecule has 0 saturated carbocycles. The van der Waals surface area contributed by atoms with Crippen molar-refractivity contribution in [3.8, 4) is 0 Å². The van der Waals surface area contributed by atoms with Crippen molar-refractivity contribution in [1.82, 2.24) is 18.6 Å². The molecule has 0 aliphatic carbocycles. The number of likely N-dealkylation sites (N-methyl/N-ethyl adjacent to an activating group) is 1. The van der Waals surface area contributed by atoms with Gasteiger partial charge in [0, 0.05) is 37.8 Å². The lowest BCUT2D eigenvalue weighted by Crippen LogP contribution is -2.47. The van der Waals surface area contributed by atoms with E-state index in [-0.39, 0.29) is 10.8 Å². The first kappa shape index (κ1) is 12.9. The van der Waals surface area contributed by atoms with Crippen LogP contribution in [0.25, 0.3) is 4.96 Å². The number of fused-ring (bicyclic) bond motifs is 1. The predicted molar refractivity (Wildman–Crippen MR) is 73.7 cm³/mol. The summed E-state index contributed by atoms with van der Waals surface area (Å²) >= 11 is 1.37. The van der Waals surface area contributed by atoms with E-state index in [0.717, 1.165) is 13.1 Å². The van der Waals surface area contributed by atoms with E-state index < -0.39 is 10.0 Å². The van der Waals surface area contributed by atoms with Crippen molar-refractivity contribution >= 4 is 32.1 Å². The summed E-state index contributed by atoms with van der Waals surface area (Å²) in [6.45, 7) is 2.42. The van der Waals surface area contributed by atoms with Gasteiger partial charge >= 0.3 is 0 Å². The van der Waals surface area contributed by atoms with Gasteiger partial charge in [0.25, 0.3) is 10.0 Å². The standard InChI is InChI=1S/C10H15N5O2S2/c1-13-2-4-14(5-3-13)19(16,17)9-8(11)12-10-15(9)6-7-18-10/h6-7H,2-5,11H2,1H3. The normalized spacial score (nSPS) is 19.2. The fourth-order valence-corrected chi connectivity index (χ4v) is 4.56. The quantitative estimate of drug-likeness (QED) is 0.838. The fraction of sp³-hybridized carbons (Fsp3) is 0.500. The zero-order valence-electron chi connectivity index (χ0n) is 10.5. The molecule has 1 fully saturated rings. The number of hydrogen-bond acceptors (Lipinski definition) is 6. The molecule has 104 valence electrons. The summed E-state index contributed by atoms with van der Waals surface area (Å²) in [5, 5.41) is 1.89. The molecule has 2 N–H and O–H groups in total. The number of aromatic nitrogens is 2. The first-order valence-electron chi connectivity index (χ1n) is 5.90. The molecular weight excluding hydrogens is 286 g/mol. The Bertz CT molecular complexity index is 697. The molecule has 1 aliphatic heterocycles. The minimum atomic E-state index is -3.58. The second kappa shape index (κ2) is 4.44. The minimum absolute atomic E-state index is 0.0748. The second-order valence-electron chi connectivity index (χ2n) is 4.57. The van der Waals surface area contributed by atoms with E-state index in [1.165, 1.54) is 15.6 Å². The Labute approximate surface area is 115 Å². The molecule has 3 heterocycles. The van der Waals surface area contributed by atoms with Crippen LogP contribution in [0.15, 0.2) is 16.6 Å². The predicted octanol–water partition coefficient (Wildman–Crippen LogP) is -0.0859. The highest BCUT2D eigenvalue weighted by Crippen LogP contribution is 2.26. The molecule has 0 spiro atoms. The van der Waals surface area contributed by atoms with Gasteiger partial charge in [0.05, 0.1) is 0 Å². The molecule has 0 atom stereocenters. The van der Waals surface area contributed by atoms with Crippen LogP contribution >= 0.6 is 11.3 Å². The molecule has 3 rings (SSSR count). The fourth-order valence-electron chi connectivity index (χ4n) is 2.19. The maximum Gasteiger partial charge on any atom is 0.262 e. The lowest BCUT2D eigenvalue weighted by molar-refractivity contribution is 0.222. The highest BCUT2D eigenvalue weighted by molar-refractivity contribution is 7.89. The monoisotopic (exact) mass is 301 g/mol. The number of nitrogens with two attached hydrogens (primary N) is 1. The zero-order valence-corrected chi connectivity index (χ0v) is 12.1. The van der Waals surface area contributed by atoms with Crippen LogP contribution in [0.4, 0.5) is 5.82 Å². The summed E-state index contributed by atoms with van der Waals surface area (Å²) in [5.41, 5.74) is 5.78. The number of hydrogen-bond donors (Lipinski definition) is 1. The maximum absolute atomic E-state index is 12.7. The minimum Gasteiger partial charge on any atom is -0.381 e. The number of nitrogen functional groups attached to an aromatic ring is 1. The largest absolute Gasteiger partial charge is 0.381 e. The van der Waals surface area contributed by atoms with E-state index in [0.29, 0.717) is 18.1 Å². The van der Waals surface area contributed by atoms with Gasteiger partial charge in [-0.1, -0.05) is 0 Å². The van der Waals surface area contributed by atoms with Crippen molar-refractivity contribution in [2.24, 2.45) is 0 Å². The van der Waals surface area contributed by atoms with Gasteiger partial charge in [0.2, 0.25) is 0 Å². The molecule has 1 aliphatic rings. The maximum atomic E-state index is 12.7. The molecule has 1 saturated heterocycles. The van der Waals surface area contributed by atoms with Gasteiger partial charge < -0.3 is 10.6 Å². The van der Waals surface area contributed by atoms with Crippen molar-refractivity contribution < 1.29 is 8.42 Å². The van der Waals surface area contributed by atoms with Crippen molar-refractivity contribution in [2.45, 2.75) is 5.03 Å². The van der Waals surface area contributed by atoms with Crippen LogP contribution in [0.2, 0.25) is 0 Å². The number of piperazine rings is 1. The number of imidazole rings is 1. The number of rotatable bonds is 2. The number of nitrogens with zero attached hydrogens (tertiary/aromatic N) is 4. The molecule has 9 heteroatoms. The smallest absolute Gasteiger partial charge is 0.262 e. The third kappa shape index (κ3) is 2.02. The molecule has 19 heavy (non-hydrogen) atoms. The van der Waals surface area contributed by atoms with E-state index in [2.05, 4.69) is 9.88 Å². The summed E-state index contributed by atoms with van der Waals surface area (Å²) < 4.78 is 28.3. The van der Waals surface area contributed by atoms with Crippen molar-refractivity contribution in [1.29, 1.82) is 0 Å². The van der Waals surface area contributed by atoms with Crippen molar-refractivity contribution in [2.75, 3.05) is 39.0 Å². The molecule has 0 aromatic carbocycles. The molecule has 2 aromatic rings. The van der Waals surface area contributed by atoms with Crippen LogP contribution < -0.4 is 5.73 Å². The van der Waals surface area contributed by atoms with Crippen LogP contribution in [0.3, 0.4) is 0 Å². The molecule has 0 amide bonds. The van der Waals surface area contributed by atoms with Gasteiger partial charge in [-0.15, -0.1) is 11.3 Å². The third-order valence-electron chi connectivity index (χ3n) is 3.29. The average molecular weight is 301 g/mol. The van der Waals surface area contributed by atoms with Crippen molar-refractivity contribution in [3.05, 3.63) is 11.6 Å². The van der Waals surface area contributed by atoms with Crippen molar-refractivity contribution in [3.63, 3.8) is 0 Å². The van der Waals surface area contributed by atoms with Crippen LogP contribution in [-0.4, -0.2) is 60.2 Å². The number of anilines is 1. The van der Waals surface area contributed by atoms with Crippen LogP contribution in [0.5, 0.6) is 0 Å². The number of thiazole rings is 1. The SMILES string of the molecule is CN1CCN(S(=O)(=O)c2c(N)nc3sccn23)CC1. The summed E-state index contributed by atoms with van der Waals surface area (Å²) in [4.78, 5) is 6.80. The molecule has 0 bridgehead atoms. The second-order valence-corrected chi connectivity index (χ2v) is 7.29. The van der Waals surface area contributed by atoms with Crippen LogP contribution in [0.1, 0.15) is 0 Å². The van der Waals surface area contributed by atoms with Gasteiger partial charge in [0.15, 0.2) is 15.8 Å². The van der Waals surface area contributed by atoms with E-state index in [9.17, 15) is 8.42 Å². The van der Waals surface area contributed by atoms with Gasteiger partial charge in [-0.3, -0.25) is 4.40 Å². The van der Waals surface area contributed by atoms with Crippen LogP contribution in [-0.2, 0) is 10.0 Å². The lowest BCUT2D eigenvalue weighted by atomic mass is 10.4. The highest BCUT2D eigenvalue weighted by atomic mass is 32.2. The molecular formula is C10H15N5O2S2. The summed E-state index contributed by atoms with van der Waals surface area (Å²) in [7, 11) is -1.60. The molecule has 2 aromatic heterocycles.